The summed E-state index contributed by atoms with van der Waals surface area (Å²) in [6.07, 6.45) is 3.11. The van der Waals surface area contributed by atoms with E-state index in [2.05, 4.69) is 4.72 Å². The van der Waals surface area contributed by atoms with Gasteiger partial charge in [-0.1, -0.05) is 18.5 Å². The van der Waals surface area contributed by atoms with Gasteiger partial charge in [0.2, 0.25) is 0 Å². The topological polar surface area (TPSA) is 66.5 Å². The Morgan fingerprint density at radius 3 is 2.50 bits per heavy atom. The number of halogens is 2. The van der Waals surface area contributed by atoms with E-state index in [0.29, 0.717) is 24.6 Å². The van der Waals surface area contributed by atoms with Crippen molar-refractivity contribution in [3.05, 3.63) is 58.9 Å². The first-order valence-corrected chi connectivity index (χ1v) is 11.0. The van der Waals surface area contributed by atoms with Crippen molar-refractivity contribution >= 4 is 33.2 Å². The smallest absolute Gasteiger partial charge is 0.261 e. The Labute approximate surface area is 169 Å². The van der Waals surface area contributed by atoms with E-state index in [4.69, 9.17) is 11.6 Å². The first kappa shape index (κ1) is 20.6. The van der Waals surface area contributed by atoms with Gasteiger partial charge in [-0.05, 0) is 67.6 Å². The zero-order valence-electron chi connectivity index (χ0n) is 15.5. The van der Waals surface area contributed by atoms with Crippen molar-refractivity contribution in [1.82, 2.24) is 4.90 Å². The largest absolute Gasteiger partial charge is 0.338 e. The van der Waals surface area contributed by atoms with Gasteiger partial charge >= 0.3 is 0 Å². The van der Waals surface area contributed by atoms with Crippen molar-refractivity contribution in [3.8, 4) is 0 Å². The van der Waals surface area contributed by atoms with Gasteiger partial charge in [0.05, 0.1) is 15.6 Å². The summed E-state index contributed by atoms with van der Waals surface area (Å²) in [5.74, 6) is -0.122. The van der Waals surface area contributed by atoms with Crippen LogP contribution < -0.4 is 4.72 Å². The summed E-state index contributed by atoms with van der Waals surface area (Å²) >= 11 is 6.14. The van der Waals surface area contributed by atoms with Crippen LogP contribution in [0.25, 0.3) is 0 Å². The number of benzene rings is 2. The number of anilines is 1. The monoisotopic (exact) mass is 424 g/mol. The van der Waals surface area contributed by atoms with Gasteiger partial charge in [0.1, 0.15) is 5.82 Å². The van der Waals surface area contributed by atoms with Gasteiger partial charge in [-0.3, -0.25) is 9.52 Å². The molecule has 0 aromatic heterocycles. The molecule has 0 unspecified atom stereocenters. The summed E-state index contributed by atoms with van der Waals surface area (Å²) in [6, 6.07) is 9.00. The molecule has 150 valence electrons. The number of hydrogen-bond donors (Lipinski definition) is 1. The molecule has 0 atom stereocenters. The van der Waals surface area contributed by atoms with Crippen LogP contribution in [-0.2, 0) is 10.0 Å². The molecule has 0 heterocycles. The van der Waals surface area contributed by atoms with E-state index >= 15 is 0 Å². The number of nitrogens with one attached hydrogen (secondary N) is 1. The van der Waals surface area contributed by atoms with Gasteiger partial charge in [-0.25, -0.2) is 12.8 Å². The van der Waals surface area contributed by atoms with Gasteiger partial charge in [0.25, 0.3) is 15.9 Å². The van der Waals surface area contributed by atoms with E-state index in [1.165, 1.54) is 24.3 Å². The lowest BCUT2D eigenvalue weighted by Crippen LogP contribution is -2.33. The SMILES string of the molecule is CCCN(CC1CC1)C(=O)c1ccc(Cl)c(NS(=O)(=O)c2ccc(F)cc2)c1. The molecule has 1 fully saturated rings. The fourth-order valence-electron chi connectivity index (χ4n) is 2.89. The van der Waals surface area contributed by atoms with E-state index in [1.807, 2.05) is 6.92 Å². The van der Waals surface area contributed by atoms with Crippen LogP contribution in [0.4, 0.5) is 10.1 Å². The molecule has 2 aromatic carbocycles. The normalized spacial score (nSPS) is 14.0. The number of carbonyl (C=O) groups is 1. The second kappa shape index (κ2) is 8.49. The fraction of sp³-hybridized carbons (Fsp3) is 0.350. The highest BCUT2D eigenvalue weighted by atomic mass is 35.5. The molecule has 1 N–H and O–H groups in total. The molecule has 2 aromatic rings. The predicted octanol–water partition coefficient (Wildman–Crippen LogP) is 4.54. The molecule has 1 amide bonds. The van der Waals surface area contributed by atoms with Crippen LogP contribution in [0.2, 0.25) is 5.02 Å². The van der Waals surface area contributed by atoms with E-state index in [-0.39, 0.29) is 21.5 Å². The van der Waals surface area contributed by atoms with Crippen molar-refractivity contribution in [2.24, 2.45) is 5.92 Å². The van der Waals surface area contributed by atoms with Gasteiger partial charge < -0.3 is 4.90 Å². The molecule has 0 aliphatic heterocycles. The quantitative estimate of drug-likeness (QED) is 0.676. The van der Waals surface area contributed by atoms with Crippen LogP contribution in [0.1, 0.15) is 36.5 Å². The lowest BCUT2D eigenvalue weighted by molar-refractivity contribution is 0.0748. The molecular weight excluding hydrogens is 403 g/mol. The molecule has 28 heavy (non-hydrogen) atoms. The number of amides is 1. The van der Waals surface area contributed by atoms with Crippen molar-refractivity contribution in [2.75, 3.05) is 17.8 Å². The van der Waals surface area contributed by atoms with Crippen LogP contribution in [0.15, 0.2) is 47.4 Å². The van der Waals surface area contributed by atoms with Gasteiger partial charge in [0, 0.05) is 18.7 Å². The lowest BCUT2D eigenvalue weighted by Gasteiger charge is -2.22. The minimum atomic E-state index is -3.96. The zero-order valence-corrected chi connectivity index (χ0v) is 17.1. The molecule has 1 aliphatic carbocycles. The summed E-state index contributed by atoms with van der Waals surface area (Å²) in [5.41, 5.74) is 0.481. The molecule has 0 radical (unpaired) electrons. The fourth-order valence-corrected chi connectivity index (χ4v) is 4.19. The van der Waals surface area contributed by atoms with Crippen LogP contribution in [0.5, 0.6) is 0 Å². The standard InChI is InChI=1S/C20H22ClFN2O3S/c1-2-11-24(13-14-3-4-14)20(25)15-5-10-18(21)19(12-15)23-28(26,27)17-8-6-16(22)7-9-17/h5-10,12,14,23H,2-4,11,13H2,1H3. The highest BCUT2D eigenvalue weighted by Gasteiger charge is 2.27. The van der Waals surface area contributed by atoms with Crippen LogP contribution in [0.3, 0.4) is 0 Å². The third-order valence-electron chi connectivity index (χ3n) is 4.54. The summed E-state index contributed by atoms with van der Waals surface area (Å²) in [4.78, 5) is 14.6. The van der Waals surface area contributed by atoms with E-state index < -0.39 is 15.8 Å². The highest BCUT2D eigenvalue weighted by molar-refractivity contribution is 7.92. The van der Waals surface area contributed by atoms with Crippen LogP contribution >= 0.6 is 11.6 Å². The molecule has 0 saturated heterocycles. The Hall–Kier alpha value is -2.12. The number of rotatable bonds is 8. The maximum absolute atomic E-state index is 13.1. The second-order valence-corrected chi connectivity index (χ2v) is 9.04. The lowest BCUT2D eigenvalue weighted by atomic mass is 10.1. The van der Waals surface area contributed by atoms with Crippen molar-refractivity contribution < 1.29 is 17.6 Å². The number of carbonyl (C=O) groups excluding carboxylic acids is 1. The summed E-state index contributed by atoms with van der Waals surface area (Å²) in [5, 5.41) is 0.173. The Kier molecular flexibility index (Phi) is 6.25. The number of nitrogens with zero attached hydrogens (tertiary/aromatic N) is 1. The van der Waals surface area contributed by atoms with Gasteiger partial charge in [0.15, 0.2) is 0 Å². The molecule has 0 bridgehead atoms. The Balaban J connectivity index is 1.84. The minimum absolute atomic E-state index is 0.0944. The summed E-state index contributed by atoms with van der Waals surface area (Å²) in [7, 11) is -3.96. The number of hydrogen-bond acceptors (Lipinski definition) is 3. The van der Waals surface area contributed by atoms with Gasteiger partial charge in [-0.2, -0.15) is 0 Å². The molecule has 3 rings (SSSR count). The average Bonchev–Trinajstić information content (AvgIpc) is 3.47. The average molecular weight is 425 g/mol. The molecule has 1 saturated carbocycles. The molecular formula is C20H22ClFN2O3S. The third-order valence-corrected chi connectivity index (χ3v) is 6.25. The minimum Gasteiger partial charge on any atom is -0.338 e. The molecule has 1 aliphatic rings. The summed E-state index contributed by atoms with van der Waals surface area (Å²) in [6.45, 7) is 3.37. The second-order valence-electron chi connectivity index (χ2n) is 6.95. The Bertz CT molecular complexity index is 960. The van der Waals surface area contributed by atoms with E-state index in [1.54, 1.807) is 11.0 Å². The van der Waals surface area contributed by atoms with E-state index in [9.17, 15) is 17.6 Å². The maximum Gasteiger partial charge on any atom is 0.261 e. The van der Waals surface area contributed by atoms with Crippen molar-refractivity contribution in [2.45, 2.75) is 31.1 Å². The van der Waals surface area contributed by atoms with Crippen LogP contribution in [-0.4, -0.2) is 32.3 Å². The first-order valence-electron chi connectivity index (χ1n) is 9.17. The highest BCUT2D eigenvalue weighted by Crippen LogP contribution is 2.31. The Morgan fingerprint density at radius 1 is 1.21 bits per heavy atom. The van der Waals surface area contributed by atoms with E-state index in [0.717, 1.165) is 31.4 Å². The van der Waals surface area contributed by atoms with Gasteiger partial charge in [-0.15, -0.1) is 0 Å². The number of sulfonamides is 1. The first-order chi connectivity index (χ1) is 13.3. The molecule has 0 spiro atoms. The van der Waals surface area contributed by atoms with Crippen LogP contribution in [0, 0.1) is 11.7 Å². The molecule has 5 nitrogen and oxygen atoms in total. The third kappa shape index (κ3) is 5.02. The predicted molar refractivity (Wildman–Crippen MR) is 108 cm³/mol. The Morgan fingerprint density at radius 2 is 1.89 bits per heavy atom. The maximum atomic E-state index is 13.1. The summed E-state index contributed by atoms with van der Waals surface area (Å²) < 4.78 is 40.5. The zero-order chi connectivity index (χ0) is 20.3. The van der Waals surface area contributed by atoms with Crippen molar-refractivity contribution in [3.63, 3.8) is 0 Å². The molecule has 8 heteroatoms. The van der Waals surface area contributed by atoms with Crippen molar-refractivity contribution in [1.29, 1.82) is 0 Å².